The molecule has 0 saturated carbocycles. The number of ether oxygens (including phenoxy) is 1. The molecule has 5 nitrogen and oxygen atoms in total. The first-order valence-corrected chi connectivity index (χ1v) is 9.48. The van der Waals surface area contributed by atoms with Gasteiger partial charge in [0, 0.05) is 0 Å². The lowest BCUT2D eigenvalue weighted by Crippen LogP contribution is -2.54. The maximum Gasteiger partial charge on any atom is 0.270 e. The van der Waals surface area contributed by atoms with Gasteiger partial charge in [-0.05, 0) is 89.8 Å². The van der Waals surface area contributed by atoms with Crippen molar-refractivity contribution in [2.75, 3.05) is 11.5 Å². The highest BCUT2D eigenvalue weighted by molar-refractivity contribution is 14.1. The molecule has 0 bridgehead atoms. The summed E-state index contributed by atoms with van der Waals surface area (Å²) in [5, 5.41) is 2.45. The van der Waals surface area contributed by atoms with Crippen LogP contribution in [0.2, 0.25) is 0 Å². The van der Waals surface area contributed by atoms with E-state index in [-0.39, 0.29) is 10.7 Å². The highest BCUT2D eigenvalue weighted by Crippen LogP contribution is 2.25. The third kappa shape index (κ3) is 4.16. The second-order valence-corrected chi connectivity index (χ2v) is 7.11. The zero-order chi connectivity index (χ0) is 19.6. The highest BCUT2D eigenvalue weighted by Gasteiger charge is 2.34. The van der Waals surface area contributed by atoms with Crippen molar-refractivity contribution in [3.63, 3.8) is 0 Å². The van der Waals surface area contributed by atoms with Crippen LogP contribution >= 0.6 is 34.8 Å². The average molecular weight is 496 g/mol. The van der Waals surface area contributed by atoms with Crippen molar-refractivity contribution in [2.24, 2.45) is 0 Å². The number of anilines is 1. The summed E-state index contributed by atoms with van der Waals surface area (Å²) >= 11 is 7.24. The number of hydrogen-bond donors (Lipinski definition) is 1. The van der Waals surface area contributed by atoms with E-state index in [2.05, 4.69) is 27.9 Å². The van der Waals surface area contributed by atoms with Gasteiger partial charge in [0.15, 0.2) is 5.11 Å². The molecule has 0 unspecified atom stereocenters. The summed E-state index contributed by atoms with van der Waals surface area (Å²) in [6.07, 6.45) is 1.49. The van der Waals surface area contributed by atoms with Gasteiger partial charge in [0.05, 0.1) is 15.9 Å². The number of nitrogens with zero attached hydrogens (tertiary/aromatic N) is 1. The average Bonchev–Trinajstić information content (AvgIpc) is 2.62. The van der Waals surface area contributed by atoms with Gasteiger partial charge >= 0.3 is 0 Å². The molecule has 0 aliphatic carbocycles. The second-order valence-electron chi connectivity index (χ2n) is 5.56. The number of carbonyl (C=O) groups excluding carboxylic acids is 2. The van der Waals surface area contributed by atoms with Crippen molar-refractivity contribution in [3.05, 3.63) is 63.0 Å². The van der Waals surface area contributed by atoms with Gasteiger partial charge in [-0.3, -0.25) is 19.8 Å². The molecule has 1 fully saturated rings. The Kier molecular flexibility index (Phi) is 5.85. The normalized spacial score (nSPS) is 15.9. The van der Waals surface area contributed by atoms with Crippen LogP contribution in [0.25, 0.3) is 6.08 Å². The van der Waals surface area contributed by atoms with Gasteiger partial charge in [-0.1, -0.05) is 6.07 Å². The molecule has 8 heteroatoms. The van der Waals surface area contributed by atoms with Crippen LogP contribution in [0, 0.1) is 9.39 Å². The summed E-state index contributed by atoms with van der Waals surface area (Å²) in [7, 11) is 0. The molecule has 1 aliphatic heterocycles. The van der Waals surface area contributed by atoms with Crippen molar-refractivity contribution < 1.29 is 18.7 Å². The predicted octanol–water partition coefficient (Wildman–Crippen LogP) is 3.66. The zero-order valence-electron chi connectivity index (χ0n) is 14.2. The Labute approximate surface area is 174 Å². The van der Waals surface area contributed by atoms with Crippen molar-refractivity contribution in [1.29, 1.82) is 0 Å². The van der Waals surface area contributed by atoms with E-state index in [1.165, 1.54) is 35.2 Å². The van der Waals surface area contributed by atoms with Gasteiger partial charge in [0.1, 0.15) is 17.1 Å². The molecule has 1 saturated heterocycles. The Balaban J connectivity index is 1.96. The number of halogens is 2. The molecule has 2 aromatic rings. The molecule has 1 N–H and O–H groups in total. The van der Waals surface area contributed by atoms with Gasteiger partial charge in [-0.25, -0.2) is 4.39 Å². The Morgan fingerprint density at radius 1 is 1.22 bits per heavy atom. The standard InChI is InChI=1S/C19H14FIN2O3S/c1-2-26-16-8-3-11(10-15(16)21)9-14-17(24)22-19(27)23(18(14)25)13-6-4-12(20)5-7-13/h3-10H,2H2,1H3,(H,22,24,27)/b14-9-. The lowest BCUT2D eigenvalue weighted by Gasteiger charge is -2.28. The number of carbonyl (C=O) groups is 2. The van der Waals surface area contributed by atoms with Crippen LogP contribution in [-0.4, -0.2) is 23.5 Å². The number of nitrogens with one attached hydrogen (secondary N) is 1. The first-order chi connectivity index (χ1) is 12.9. The molecular formula is C19H14FIN2O3S. The van der Waals surface area contributed by atoms with Crippen LogP contribution < -0.4 is 15.0 Å². The van der Waals surface area contributed by atoms with E-state index >= 15 is 0 Å². The van der Waals surface area contributed by atoms with Crippen molar-refractivity contribution in [1.82, 2.24) is 5.32 Å². The fraction of sp³-hybridized carbons (Fsp3) is 0.105. The van der Waals surface area contributed by atoms with E-state index in [4.69, 9.17) is 17.0 Å². The van der Waals surface area contributed by atoms with E-state index in [9.17, 15) is 14.0 Å². The monoisotopic (exact) mass is 496 g/mol. The van der Waals surface area contributed by atoms with E-state index in [0.717, 1.165) is 9.32 Å². The molecule has 2 aromatic carbocycles. The lowest BCUT2D eigenvalue weighted by atomic mass is 10.1. The maximum atomic E-state index is 13.2. The second kappa shape index (κ2) is 8.13. The lowest BCUT2D eigenvalue weighted by molar-refractivity contribution is -0.122. The highest BCUT2D eigenvalue weighted by atomic mass is 127. The molecular weight excluding hydrogens is 482 g/mol. The van der Waals surface area contributed by atoms with Crippen LogP contribution in [0.4, 0.5) is 10.1 Å². The SMILES string of the molecule is CCOc1ccc(/C=C2/C(=O)NC(=S)N(c3ccc(F)cc3)C2=O)cc1I. The molecule has 0 aromatic heterocycles. The molecule has 3 rings (SSSR count). The molecule has 0 spiro atoms. The molecule has 1 aliphatic rings. The number of rotatable bonds is 4. The Morgan fingerprint density at radius 3 is 2.56 bits per heavy atom. The first-order valence-electron chi connectivity index (χ1n) is 8.00. The van der Waals surface area contributed by atoms with Crippen LogP contribution in [0.3, 0.4) is 0 Å². The quantitative estimate of drug-likeness (QED) is 0.304. The number of hydrogen-bond acceptors (Lipinski definition) is 4. The molecule has 2 amide bonds. The van der Waals surface area contributed by atoms with Crippen molar-refractivity contribution >= 4 is 63.5 Å². The minimum Gasteiger partial charge on any atom is -0.493 e. The van der Waals surface area contributed by atoms with Crippen LogP contribution in [0.5, 0.6) is 5.75 Å². The van der Waals surface area contributed by atoms with E-state index < -0.39 is 17.6 Å². The van der Waals surface area contributed by atoms with Crippen LogP contribution in [0.1, 0.15) is 12.5 Å². The third-order valence-corrected chi connectivity index (χ3v) is 4.88. The zero-order valence-corrected chi connectivity index (χ0v) is 17.1. The number of benzene rings is 2. The summed E-state index contributed by atoms with van der Waals surface area (Å²) in [6, 6.07) is 10.7. The molecule has 138 valence electrons. The minimum atomic E-state index is -0.577. The van der Waals surface area contributed by atoms with Gasteiger partial charge in [0.2, 0.25) is 0 Å². The Hall–Kier alpha value is -2.33. The van der Waals surface area contributed by atoms with Crippen LogP contribution in [0.15, 0.2) is 48.0 Å². The molecule has 1 heterocycles. The summed E-state index contributed by atoms with van der Waals surface area (Å²) in [6.45, 7) is 2.44. The summed E-state index contributed by atoms with van der Waals surface area (Å²) in [5.74, 6) is -0.849. The first kappa shape index (κ1) is 19.4. The van der Waals surface area contributed by atoms with Gasteiger partial charge in [-0.15, -0.1) is 0 Å². The number of amides is 2. The predicted molar refractivity (Wildman–Crippen MR) is 113 cm³/mol. The van der Waals surface area contributed by atoms with Crippen molar-refractivity contribution in [2.45, 2.75) is 6.92 Å². The van der Waals surface area contributed by atoms with Gasteiger partial charge in [-0.2, -0.15) is 0 Å². The number of thiocarbonyl (C=S) groups is 1. The summed E-state index contributed by atoms with van der Waals surface area (Å²) < 4.78 is 19.5. The Morgan fingerprint density at radius 2 is 1.93 bits per heavy atom. The molecule has 0 radical (unpaired) electrons. The summed E-state index contributed by atoms with van der Waals surface area (Å²) in [4.78, 5) is 26.4. The van der Waals surface area contributed by atoms with Gasteiger partial charge in [0.25, 0.3) is 11.8 Å². The van der Waals surface area contributed by atoms with Gasteiger partial charge < -0.3 is 4.74 Å². The van der Waals surface area contributed by atoms with E-state index in [1.807, 2.05) is 13.0 Å². The maximum absolute atomic E-state index is 13.2. The Bertz CT molecular complexity index is 960. The van der Waals surface area contributed by atoms with E-state index in [0.29, 0.717) is 17.9 Å². The molecule has 27 heavy (non-hydrogen) atoms. The fourth-order valence-electron chi connectivity index (χ4n) is 2.53. The topological polar surface area (TPSA) is 58.6 Å². The molecule has 0 atom stereocenters. The van der Waals surface area contributed by atoms with E-state index in [1.54, 1.807) is 12.1 Å². The largest absolute Gasteiger partial charge is 0.493 e. The van der Waals surface area contributed by atoms with Crippen LogP contribution in [-0.2, 0) is 9.59 Å². The third-order valence-electron chi connectivity index (χ3n) is 3.75. The smallest absolute Gasteiger partial charge is 0.270 e. The summed E-state index contributed by atoms with van der Waals surface area (Å²) in [5.41, 5.74) is 0.986. The minimum absolute atomic E-state index is 0.0463. The van der Waals surface area contributed by atoms with Crippen molar-refractivity contribution in [3.8, 4) is 5.75 Å². The fourth-order valence-corrected chi connectivity index (χ4v) is 3.50.